The van der Waals surface area contributed by atoms with Crippen molar-refractivity contribution in [2.75, 3.05) is 13.2 Å². The summed E-state index contributed by atoms with van der Waals surface area (Å²) in [6, 6.07) is 7.71. The van der Waals surface area contributed by atoms with Crippen LogP contribution in [0.4, 0.5) is 0 Å². The molecule has 2 bridgehead atoms. The van der Waals surface area contributed by atoms with Crippen molar-refractivity contribution < 1.29 is 9.53 Å². The number of hydrogen-bond acceptors (Lipinski definition) is 3. The Morgan fingerprint density at radius 3 is 2.65 bits per heavy atom. The lowest BCUT2D eigenvalue weighted by atomic mass is 9.42. The first kappa shape index (κ1) is 18.1. The van der Waals surface area contributed by atoms with Crippen LogP contribution in [0, 0.1) is 11.3 Å². The lowest BCUT2D eigenvalue weighted by molar-refractivity contribution is -0.146. The smallest absolute Gasteiger partial charge is 0.240 e. The molecule has 2 N–H and O–H groups in total. The number of halogens is 1. The van der Waals surface area contributed by atoms with E-state index >= 15 is 0 Å². The number of rotatable bonds is 8. The Morgan fingerprint density at radius 2 is 2.04 bits per heavy atom. The first-order chi connectivity index (χ1) is 12.5. The number of amides is 1. The molecule has 5 heteroatoms. The molecule has 1 aromatic carbocycles. The minimum absolute atomic E-state index is 0.190. The van der Waals surface area contributed by atoms with Crippen molar-refractivity contribution in [2.24, 2.45) is 11.3 Å². The first-order valence-corrected chi connectivity index (χ1v) is 10.3. The molecule has 4 aliphatic carbocycles. The van der Waals surface area contributed by atoms with Crippen molar-refractivity contribution in [1.29, 1.82) is 0 Å². The van der Waals surface area contributed by atoms with Crippen LogP contribution in [0.3, 0.4) is 0 Å². The van der Waals surface area contributed by atoms with Crippen LogP contribution in [0.2, 0.25) is 5.02 Å². The minimum Gasteiger partial charge on any atom is -0.492 e. The fraction of sp³-hybridized carbons (Fsp3) is 0.667. The van der Waals surface area contributed by atoms with E-state index in [2.05, 4.69) is 17.6 Å². The van der Waals surface area contributed by atoms with Crippen LogP contribution in [0.25, 0.3) is 0 Å². The van der Waals surface area contributed by atoms with Crippen LogP contribution >= 0.6 is 11.6 Å². The molecule has 26 heavy (non-hydrogen) atoms. The molecule has 0 heterocycles. The molecule has 4 nitrogen and oxygen atoms in total. The van der Waals surface area contributed by atoms with Gasteiger partial charge in [-0.25, -0.2) is 0 Å². The Bertz CT molecular complexity index is 655. The molecule has 0 unspecified atom stereocenters. The summed E-state index contributed by atoms with van der Waals surface area (Å²) < 4.78 is 5.76. The van der Waals surface area contributed by atoms with Gasteiger partial charge in [0.2, 0.25) is 5.91 Å². The summed E-state index contributed by atoms with van der Waals surface area (Å²) in [6.45, 7) is 3.37. The maximum atomic E-state index is 13.1. The SMILES string of the molecule is C[C@H](NC(=O)C1(NCCOc2cccc(Cl)c2)CCCC1)C12CC(C1)C2. The van der Waals surface area contributed by atoms with Gasteiger partial charge in [-0.05, 0) is 68.6 Å². The molecule has 0 aromatic heterocycles. The second kappa shape index (κ2) is 7.05. The summed E-state index contributed by atoms with van der Waals surface area (Å²) in [7, 11) is 0. The number of benzene rings is 1. The molecule has 4 fully saturated rings. The second-order valence-corrected chi connectivity index (χ2v) is 8.99. The van der Waals surface area contributed by atoms with Crippen molar-refractivity contribution in [3.05, 3.63) is 29.3 Å². The Kier molecular flexibility index (Phi) is 4.91. The molecule has 1 aromatic rings. The van der Waals surface area contributed by atoms with Gasteiger partial charge in [0.25, 0.3) is 0 Å². The van der Waals surface area contributed by atoms with Crippen LogP contribution in [0.5, 0.6) is 5.75 Å². The normalized spacial score (nSPS) is 29.4. The molecule has 142 valence electrons. The highest BCUT2D eigenvalue weighted by molar-refractivity contribution is 6.30. The van der Waals surface area contributed by atoms with Crippen LogP contribution in [0.1, 0.15) is 51.9 Å². The standard InChI is InChI=1S/C21H29ClN2O2/c1-15(20-12-16(13-20)14-20)24-19(25)21(7-2-3-8-21)23-9-10-26-18-6-4-5-17(22)11-18/h4-6,11,15-16,23H,2-3,7-10,12-14H2,1H3,(H,24,25)/t15-,16?,20?/m0/s1. The van der Waals surface area contributed by atoms with Gasteiger partial charge >= 0.3 is 0 Å². The highest BCUT2D eigenvalue weighted by atomic mass is 35.5. The van der Waals surface area contributed by atoms with E-state index in [0.29, 0.717) is 29.6 Å². The lowest BCUT2D eigenvalue weighted by Crippen LogP contribution is -2.66. The van der Waals surface area contributed by atoms with Crippen molar-refractivity contribution in [1.82, 2.24) is 10.6 Å². The Morgan fingerprint density at radius 1 is 1.31 bits per heavy atom. The molecule has 4 aliphatic rings. The molecule has 0 radical (unpaired) electrons. The number of nitrogens with one attached hydrogen (secondary N) is 2. The van der Waals surface area contributed by atoms with E-state index in [0.717, 1.165) is 37.4 Å². The van der Waals surface area contributed by atoms with Gasteiger partial charge < -0.3 is 10.1 Å². The maximum absolute atomic E-state index is 13.1. The van der Waals surface area contributed by atoms with E-state index in [1.165, 1.54) is 19.3 Å². The predicted molar refractivity (Wildman–Crippen MR) is 104 cm³/mol. The van der Waals surface area contributed by atoms with Crippen molar-refractivity contribution in [2.45, 2.75) is 63.5 Å². The van der Waals surface area contributed by atoms with E-state index in [1.54, 1.807) is 0 Å². The van der Waals surface area contributed by atoms with Gasteiger partial charge in [0.1, 0.15) is 12.4 Å². The van der Waals surface area contributed by atoms with Crippen molar-refractivity contribution >= 4 is 17.5 Å². The molecule has 4 saturated carbocycles. The molecule has 1 atom stereocenters. The lowest BCUT2D eigenvalue weighted by Gasteiger charge is -2.65. The molecular formula is C21H29ClN2O2. The van der Waals surface area contributed by atoms with Gasteiger partial charge in [-0.1, -0.05) is 30.5 Å². The average molecular weight is 377 g/mol. The van der Waals surface area contributed by atoms with Gasteiger partial charge in [0, 0.05) is 17.6 Å². The quantitative estimate of drug-likeness (QED) is 0.676. The zero-order valence-corrected chi connectivity index (χ0v) is 16.3. The third-order valence-electron chi connectivity index (χ3n) is 6.87. The number of hydrogen-bond donors (Lipinski definition) is 2. The molecular weight excluding hydrogens is 348 g/mol. The summed E-state index contributed by atoms with van der Waals surface area (Å²) in [6.07, 6.45) is 7.97. The maximum Gasteiger partial charge on any atom is 0.240 e. The van der Waals surface area contributed by atoms with Crippen LogP contribution in [-0.4, -0.2) is 30.6 Å². The number of ether oxygens (including phenoxy) is 1. The zero-order valence-electron chi connectivity index (χ0n) is 15.5. The fourth-order valence-electron chi connectivity index (χ4n) is 5.04. The van der Waals surface area contributed by atoms with E-state index < -0.39 is 5.54 Å². The summed E-state index contributed by atoms with van der Waals surface area (Å²) in [5.41, 5.74) is -0.00863. The number of carbonyl (C=O) groups is 1. The van der Waals surface area contributed by atoms with Crippen molar-refractivity contribution in [3.63, 3.8) is 0 Å². The van der Waals surface area contributed by atoms with Gasteiger partial charge in [-0.15, -0.1) is 0 Å². The van der Waals surface area contributed by atoms with Crippen LogP contribution < -0.4 is 15.4 Å². The van der Waals surface area contributed by atoms with Crippen LogP contribution in [0.15, 0.2) is 24.3 Å². The van der Waals surface area contributed by atoms with Crippen LogP contribution in [-0.2, 0) is 4.79 Å². The summed E-state index contributed by atoms with van der Waals surface area (Å²) in [5, 5.41) is 7.54. The van der Waals surface area contributed by atoms with E-state index in [9.17, 15) is 4.79 Å². The molecule has 1 amide bonds. The van der Waals surface area contributed by atoms with E-state index in [4.69, 9.17) is 16.3 Å². The third-order valence-corrected chi connectivity index (χ3v) is 7.11. The van der Waals surface area contributed by atoms with E-state index in [1.807, 2.05) is 24.3 Å². The third kappa shape index (κ3) is 3.34. The molecule has 0 aliphatic heterocycles. The first-order valence-electron chi connectivity index (χ1n) is 9.96. The largest absolute Gasteiger partial charge is 0.492 e. The average Bonchev–Trinajstić information content (AvgIpc) is 2.99. The fourth-order valence-corrected chi connectivity index (χ4v) is 5.22. The second-order valence-electron chi connectivity index (χ2n) is 8.56. The highest BCUT2D eigenvalue weighted by Gasteiger charge is 2.60. The summed E-state index contributed by atoms with van der Waals surface area (Å²) >= 11 is 5.98. The molecule has 5 rings (SSSR count). The Balaban J connectivity index is 1.29. The minimum atomic E-state index is -0.421. The molecule has 0 spiro atoms. The Hall–Kier alpha value is -1.26. The predicted octanol–water partition coefficient (Wildman–Crippen LogP) is 3.93. The number of carbonyl (C=O) groups excluding carboxylic acids is 1. The topological polar surface area (TPSA) is 50.4 Å². The van der Waals surface area contributed by atoms with Crippen molar-refractivity contribution in [3.8, 4) is 5.75 Å². The van der Waals surface area contributed by atoms with Gasteiger partial charge in [-0.2, -0.15) is 0 Å². The molecule has 0 saturated heterocycles. The monoisotopic (exact) mass is 376 g/mol. The van der Waals surface area contributed by atoms with Gasteiger partial charge in [-0.3, -0.25) is 10.1 Å². The summed E-state index contributed by atoms with van der Waals surface area (Å²) in [4.78, 5) is 13.1. The zero-order chi connectivity index (χ0) is 18.2. The van der Waals surface area contributed by atoms with Gasteiger partial charge in [0.15, 0.2) is 0 Å². The highest BCUT2D eigenvalue weighted by Crippen LogP contribution is 2.66. The van der Waals surface area contributed by atoms with Gasteiger partial charge in [0.05, 0.1) is 5.54 Å². The van der Waals surface area contributed by atoms with E-state index in [-0.39, 0.29) is 5.91 Å². The Labute approximate surface area is 161 Å². The summed E-state index contributed by atoms with van der Waals surface area (Å²) in [5.74, 6) is 1.90.